The van der Waals surface area contributed by atoms with Gasteiger partial charge in [-0.05, 0) is 44.7 Å². The smallest absolute Gasteiger partial charge is 0.244 e. The Labute approximate surface area is 192 Å². The van der Waals surface area contributed by atoms with Crippen LogP contribution in [0.3, 0.4) is 0 Å². The first-order valence-electron chi connectivity index (χ1n) is 11.7. The molecule has 32 heavy (non-hydrogen) atoms. The second-order valence-corrected chi connectivity index (χ2v) is 9.24. The molecule has 1 atom stereocenters. The van der Waals surface area contributed by atoms with E-state index in [1.165, 1.54) is 11.1 Å². The molecule has 1 amide bonds. The lowest BCUT2D eigenvalue weighted by Gasteiger charge is -2.35. The number of aryl methyl sites for hydroxylation is 2. The highest BCUT2D eigenvalue weighted by molar-refractivity contribution is 5.92. The molecule has 1 aromatic carbocycles. The van der Waals surface area contributed by atoms with Crippen LogP contribution >= 0.6 is 0 Å². The van der Waals surface area contributed by atoms with Crippen molar-refractivity contribution in [3.63, 3.8) is 0 Å². The molecule has 6 heteroatoms. The number of carbonyl (C=O) groups excluding carboxylic acids is 1. The Hall–Kier alpha value is -2.44. The number of ether oxygens (including phenoxy) is 1. The second-order valence-electron chi connectivity index (χ2n) is 9.24. The lowest BCUT2D eigenvalue weighted by molar-refractivity contribution is -0.116. The Kier molecular flexibility index (Phi) is 8.65. The van der Waals surface area contributed by atoms with Crippen LogP contribution in [0.25, 0.3) is 6.08 Å². The highest BCUT2D eigenvalue weighted by Gasteiger charge is 2.22. The lowest BCUT2D eigenvalue weighted by atomic mass is 10.0. The van der Waals surface area contributed by atoms with Crippen molar-refractivity contribution in [3.05, 3.63) is 58.4 Å². The van der Waals surface area contributed by atoms with E-state index in [0.29, 0.717) is 18.5 Å². The Morgan fingerprint density at radius 3 is 2.50 bits per heavy atom. The van der Waals surface area contributed by atoms with Crippen molar-refractivity contribution in [1.82, 2.24) is 20.0 Å². The fourth-order valence-corrected chi connectivity index (χ4v) is 4.26. The molecule has 0 aliphatic carbocycles. The van der Waals surface area contributed by atoms with E-state index in [4.69, 9.17) is 4.74 Å². The monoisotopic (exact) mass is 438 g/mol. The van der Waals surface area contributed by atoms with Gasteiger partial charge in [-0.3, -0.25) is 14.4 Å². The largest absolute Gasteiger partial charge is 0.379 e. The molecule has 6 nitrogen and oxygen atoms in total. The first-order chi connectivity index (χ1) is 15.3. The molecule has 2 aromatic rings. The molecule has 1 N–H and O–H groups in total. The van der Waals surface area contributed by atoms with E-state index in [-0.39, 0.29) is 5.91 Å². The lowest BCUT2D eigenvalue weighted by Crippen LogP contribution is -2.49. The number of hydrogen-bond acceptors (Lipinski definition) is 4. The molecular weight excluding hydrogens is 400 g/mol. The number of nitrogens with zero attached hydrogens (tertiary/aromatic N) is 3. The van der Waals surface area contributed by atoms with Crippen LogP contribution < -0.4 is 5.32 Å². The summed E-state index contributed by atoms with van der Waals surface area (Å²) in [5, 5.41) is 7.80. The summed E-state index contributed by atoms with van der Waals surface area (Å²) in [6.45, 7) is 15.4. The third-order valence-electron chi connectivity index (χ3n) is 6.11. The highest BCUT2D eigenvalue weighted by atomic mass is 16.5. The number of benzene rings is 1. The van der Waals surface area contributed by atoms with Gasteiger partial charge in [0, 0.05) is 43.0 Å². The molecule has 1 unspecified atom stereocenters. The van der Waals surface area contributed by atoms with E-state index in [2.05, 4.69) is 67.3 Å². The molecule has 0 bridgehead atoms. The van der Waals surface area contributed by atoms with Crippen LogP contribution in [0.2, 0.25) is 0 Å². The Morgan fingerprint density at radius 2 is 1.84 bits per heavy atom. The summed E-state index contributed by atoms with van der Waals surface area (Å²) in [6, 6.07) is 8.86. The molecule has 0 saturated carbocycles. The maximum Gasteiger partial charge on any atom is 0.244 e. The molecule has 2 heterocycles. The van der Waals surface area contributed by atoms with Gasteiger partial charge in [-0.2, -0.15) is 5.10 Å². The molecule has 3 rings (SSSR count). The molecule has 0 spiro atoms. The maximum atomic E-state index is 12.6. The molecule has 1 aliphatic heterocycles. The Balaban J connectivity index is 1.60. The van der Waals surface area contributed by atoms with Crippen molar-refractivity contribution < 1.29 is 9.53 Å². The van der Waals surface area contributed by atoms with E-state index >= 15 is 0 Å². The zero-order chi connectivity index (χ0) is 23.1. The number of carbonyl (C=O) groups is 1. The molecule has 174 valence electrons. The van der Waals surface area contributed by atoms with Crippen LogP contribution in [0.4, 0.5) is 0 Å². The first-order valence-corrected chi connectivity index (χ1v) is 11.7. The molecule has 1 saturated heterocycles. The topological polar surface area (TPSA) is 59.4 Å². The summed E-state index contributed by atoms with van der Waals surface area (Å²) in [7, 11) is 0. The number of amides is 1. The summed E-state index contributed by atoms with van der Waals surface area (Å²) in [5.41, 5.74) is 5.48. The molecule has 1 fully saturated rings. The zero-order valence-corrected chi connectivity index (χ0v) is 20.2. The predicted octanol–water partition coefficient (Wildman–Crippen LogP) is 3.73. The van der Waals surface area contributed by atoms with Gasteiger partial charge in [0.1, 0.15) is 0 Å². The zero-order valence-electron chi connectivity index (χ0n) is 20.2. The summed E-state index contributed by atoms with van der Waals surface area (Å²) < 4.78 is 7.50. The fourth-order valence-electron chi connectivity index (χ4n) is 4.26. The summed E-state index contributed by atoms with van der Waals surface area (Å²) >= 11 is 0. The van der Waals surface area contributed by atoms with Crippen LogP contribution in [0, 0.1) is 26.7 Å². The highest BCUT2D eigenvalue weighted by Crippen LogP contribution is 2.17. The number of nitrogens with one attached hydrogen (secondary N) is 1. The summed E-state index contributed by atoms with van der Waals surface area (Å²) in [4.78, 5) is 15.0. The average molecular weight is 439 g/mol. The quantitative estimate of drug-likeness (QED) is 0.606. The van der Waals surface area contributed by atoms with Crippen LogP contribution in [0.5, 0.6) is 0 Å². The van der Waals surface area contributed by atoms with Gasteiger partial charge in [0.05, 0.1) is 25.5 Å². The summed E-state index contributed by atoms with van der Waals surface area (Å²) in [5.74, 6) is 0.525. The number of rotatable bonds is 9. The molecule has 1 aliphatic rings. The predicted molar refractivity (Wildman–Crippen MR) is 130 cm³/mol. The number of hydrogen-bond donors (Lipinski definition) is 1. The Morgan fingerprint density at radius 1 is 1.16 bits per heavy atom. The SMILES string of the molecule is Cc1ccc(Cn2nc(C)c(/C=C/C(=O)NCC(CC(C)C)N3CCOCC3)c2C)cc1. The minimum absolute atomic E-state index is 0.0582. The van der Waals surface area contributed by atoms with E-state index in [9.17, 15) is 4.79 Å². The van der Waals surface area contributed by atoms with Crippen molar-refractivity contribution in [1.29, 1.82) is 0 Å². The van der Waals surface area contributed by atoms with Crippen LogP contribution in [0.15, 0.2) is 30.3 Å². The average Bonchev–Trinajstić information content (AvgIpc) is 3.04. The van der Waals surface area contributed by atoms with Gasteiger partial charge in [-0.25, -0.2) is 0 Å². The van der Waals surface area contributed by atoms with Gasteiger partial charge >= 0.3 is 0 Å². The maximum absolute atomic E-state index is 12.6. The van der Waals surface area contributed by atoms with E-state index in [1.807, 2.05) is 17.7 Å². The minimum Gasteiger partial charge on any atom is -0.379 e. The second kappa shape index (κ2) is 11.4. The van der Waals surface area contributed by atoms with E-state index < -0.39 is 0 Å². The third-order valence-corrected chi connectivity index (χ3v) is 6.11. The van der Waals surface area contributed by atoms with Crippen molar-refractivity contribution >= 4 is 12.0 Å². The van der Waals surface area contributed by atoms with E-state index in [1.54, 1.807) is 6.08 Å². The minimum atomic E-state index is -0.0582. The number of morpholine rings is 1. The van der Waals surface area contributed by atoms with Crippen molar-refractivity contribution in [3.8, 4) is 0 Å². The molecule has 1 aromatic heterocycles. The van der Waals surface area contributed by atoms with Crippen molar-refractivity contribution in [2.24, 2.45) is 5.92 Å². The third kappa shape index (κ3) is 6.78. The van der Waals surface area contributed by atoms with E-state index in [0.717, 1.165) is 56.2 Å². The van der Waals surface area contributed by atoms with Crippen LogP contribution in [0.1, 0.15) is 48.3 Å². The fraction of sp³-hybridized carbons (Fsp3) is 0.538. The van der Waals surface area contributed by atoms with Crippen LogP contribution in [-0.2, 0) is 16.1 Å². The standard InChI is InChI=1S/C26H38N4O2/c1-19(2)16-24(29-12-14-32-15-13-29)17-27-26(31)11-10-25-21(4)28-30(22(25)5)18-23-8-6-20(3)7-9-23/h6-11,19,24H,12-18H2,1-5H3,(H,27,31)/b11-10+. The first kappa shape index (κ1) is 24.2. The number of aromatic nitrogens is 2. The van der Waals surface area contributed by atoms with Crippen molar-refractivity contribution in [2.75, 3.05) is 32.8 Å². The van der Waals surface area contributed by atoms with Gasteiger partial charge in [0.25, 0.3) is 0 Å². The van der Waals surface area contributed by atoms with Crippen LogP contribution in [-0.4, -0.2) is 59.5 Å². The van der Waals surface area contributed by atoms with Gasteiger partial charge in [-0.1, -0.05) is 43.7 Å². The van der Waals surface area contributed by atoms with Gasteiger partial charge in [-0.15, -0.1) is 0 Å². The van der Waals surface area contributed by atoms with Crippen molar-refractivity contribution in [2.45, 2.75) is 53.6 Å². The summed E-state index contributed by atoms with van der Waals surface area (Å²) in [6.07, 6.45) is 4.60. The normalized spacial score (nSPS) is 16.1. The Bertz CT molecular complexity index is 909. The van der Waals surface area contributed by atoms with Gasteiger partial charge < -0.3 is 10.1 Å². The molecular formula is C26H38N4O2. The van der Waals surface area contributed by atoms with Gasteiger partial charge in [0.15, 0.2) is 0 Å². The molecule has 0 radical (unpaired) electrons. The van der Waals surface area contributed by atoms with Gasteiger partial charge in [0.2, 0.25) is 5.91 Å².